The van der Waals surface area contributed by atoms with Crippen molar-refractivity contribution in [3.05, 3.63) is 59.2 Å². The van der Waals surface area contributed by atoms with E-state index in [9.17, 15) is 22.0 Å². The third-order valence-corrected chi connectivity index (χ3v) is 3.75. The lowest BCUT2D eigenvalue weighted by atomic mass is 9.98. The molecule has 0 fully saturated rings. The standard InChI is InChI=1S/C16H10F5N/c17-15(18,16(19,20)21)14(22)10-5-6-13-11(8-10)7-9-3-1-2-4-12(9)13/h1-6,8,22H,7H2. The van der Waals surface area contributed by atoms with Crippen molar-refractivity contribution in [3.63, 3.8) is 0 Å². The average molecular weight is 311 g/mol. The van der Waals surface area contributed by atoms with E-state index in [-0.39, 0.29) is 0 Å². The lowest BCUT2D eigenvalue weighted by molar-refractivity contribution is -0.249. The van der Waals surface area contributed by atoms with Crippen molar-refractivity contribution >= 4 is 5.71 Å². The monoisotopic (exact) mass is 311 g/mol. The van der Waals surface area contributed by atoms with Crippen LogP contribution in [0.2, 0.25) is 0 Å². The first-order valence-corrected chi connectivity index (χ1v) is 6.47. The van der Waals surface area contributed by atoms with E-state index in [2.05, 4.69) is 0 Å². The quantitative estimate of drug-likeness (QED) is 0.518. The van der Waals surface area contributed by atoms with Gasteiger partial charge < -0.3 is 0 Å². The molecule has 0 saturated carbocycles. The van der Waals surface area contributed by atoms with E-state index >= 15 is 0 Å². The fourth-order valence-corrected chi connectivity index (χ4v) is 2.62. The summed E-state index contributed by atoms with van der Waals surface area (Å²) in [5, 5.41) is 7.24. The van der Waals surface area contributed by atoms with Crippen LogP contribution in [-0.2, 0) is 6.42 Å². The average Bonchev–Trinajstić information content (AvgIpc) is 2.82. The number of hydrogen-bond acceptors (Lipinski definition) is 1. The second-order valence-corrected chi connectivity index (χ2v) is 5.15. The van der Waals surface area contributed by atoms with Crippen molar-refractivity contribution in [3.8, 4) is 11.1 Å². The Morgan fingerprint density at radius 3 is 2.18 bits per heavy atom. The van der Waals surface area contributed by atoms with Crippen LogP contribution in [0.25, 0.3) is 11.1 Å². The topological polar surface area (TPSA) is 23.9 Å². The van der Waals surface area contributed by atoms with Crippen LogP contribution in [0.4, 0.5) is 22.0 Å². The number of benzene rings is 2. The van der Waals surface area contributed by atoms with Crippen molar-refractivity contribution in [2.45, 2.75) is 18.5 Å². The molecule has 22 heavy (non-hydrogen) atoms. The molecule has 1 aliphatic rings. The van der Waals surface area contributed by atoms with Gasteiger partial charge in [0.25, 0.3) is 0 Å². The summed E-state index contributed by atoms with van der Waals surface area (Å²) in [6.07, 6.45) is -5.31. The van der Waals surface area contributed by atoms with E-state index < -0.39 is 23.4 Å². The second-order valence-electron chi connectivity index (χ2n) is 5.15. The van der Waals surface area contributed by atoms with Gasteiger partial charge in [-0.2, -0.15) is 22.0 Å². The number of alkyl halides is 5. The first-order chi connectivity index (χ1) is 10.2. The lowest BCUT2D eigenvalue weighted by Gasteiger charge is -2.20. The van der Waals surface area contributed by atoms with Crippen LogP contribution >= 0.6 is 0 Å². The molecule has 0 heterocycles. The van der Waals surface area contributed by atoms with Gasteiger partial charge in [0.2, 0.25) is 0 Å². The summed E-state index contributed by atoms with van der Waals surface area (Å²) in [5.74, 6) is -5.16. The molecule has 1 aliphatic carbocycles. The molecule has 0 radical (unpaired) electrons. The Balaban J connectivity index is 2.00. The first-order valence-electron chi connectivity index (χ1n) is 6.47. The molecule has 0 aliphatic heterocycles. The zero-order valence-corrected chi connectivity index (χ0v) is 11.1. The van der Waals surface area contributed by atoms with E-state index in [1.807, 2.05) is 24.3 Å². The van der Waals surface area contributed by atoms with Crippen LogP contribution < -0.4 is 0 Å². The zero-order chi connectivity index (χ0) is 16.1. The Morgan fingerprint density at radius 2 is 1.50 bits per heavy atom. The molecular formula is C16H10F5N. The fourth-order valence-electron chi connectivity index (χ4n) is 2.62. The third-order valence-electron chi connectivity index (χ3n) is 3.75. The molecule has 0 aromatic heterocycles. The molecule has 1 N–H and O–H groups in total. The maximum absolute atomic E-state index is 13.3. The number of halogens is 5. The summed E-state index contributed by atoms with van der Waals surface area (Å²) in [4.78, 5) is 0. The number of rotatable bonds is 2. The summed E-state index contributed by atoms with van der Waals surface area (Å²) < 4.78 is 63.7. The van der Waals surface area contributed by atoms with Gasteiger partial charge >= 0.3 is 12.1 Å². The Morgan fingerprint density at radius 1 is 0.864 bits per heavy atom. The molecule has 2 aromatic rings. The van der Waals surface area contributed by atoms with Crippen molar-refractivity contribution in [1.29, 1.82) is 5.41 Å². The van der Waals surface area contributed by atoms with E-state index in [0.717, 1.165) is 22.8 Å². The van der Waals surface area contributed by atoms with Gasteiger partial charge in [0.15, 0.2) is 0 Å². The van der Waals surface area contributed by atoms with Gasteiger partial charge in [-0.05, 0) is 34.7 Å². The molecular weight excluding hydrogens is 301 g/mol. The van der Waals surface area contributed by atoms with Crippen molar-refractivity contribution < 1.29 is 22.0 Å². The van der Waals surface area contributed by atoms with Crippen LogP contribution in [0.5, 0.6) is 0 Å². The Labute approximate surface area is 122 Å². The van der Waals surface area contributed by atoms with Crippen LogP contribution in [0, 0.1) is 5.41 Å². The van der Waals surface area contributed by atoms with E-state index in [4.69, 9.17) is 5.41 Å². The molecule has 6 heteroatoms. The predicted molar refractivity (Wildman–Crippen MR) is 72.5 cm³/mol. The summed E-state index contributed by atoms with van der Waals surface area (Å²) in [5.41, 5.74) is 1.26. The molecule has 2 aromatic carbocycles. The highest BCUT2D eigenvalue weighted by Crippen LogP contribution is 2.40. The van der Waals surface area contributed by atoms with Gasteiger partial charge in [-0.25, -0.2) is 0 Å². The van der Waals surface area contributed by atoms with E-state index in [1.54, 1.807) is 0 Å². The lowest BCUT2D eigenvalue weighted by Crippen LogP contribution is -2.44. The van der Waals surface area contributed by atoms with Gasteiger partial charge in [0.05, 0.1) is 0 Å². The second kappa shape index (κ2) is 4.63. The Hall–Kier alpha value is -2.24. The summed E-state index contributed by atoms with van der Waals surface area (Å²) in [7, 11) is 0. The van der Waals surface area contributed by atoms with E-state index in [1.165, 1.54) is 12.1 Å². The minimum Gasteiger partial charge on any atom is -0.298 e. The van der Waals surface area contributed by atoms with Crippen LogP contribution in [0.15, 0.2) is 42.5 Å². The van der Waals surface area contributed by atoms with E-state index in [0.29, 0.717) is 12.0 Å². The SMILES string of the molecule is N=C(c1ccc2c(c1)Cc1ccccc1-2)C(F)(F)C(F)(F)F. The molecule has 3 rings (SSSR count). The Bertz CT molecular complexity index is 761. The minimum absolute atomic E-state index is 0.408. The van der Waals surface area contributed by atoms with Crippen LogP contribution in [0.3, 0.4) is 0 Å². The maximum atomic E-state index is 13.3. The number of nitrogens with one attached hydrogen (secondary N) is 1. The van der Waals surface area contributed by atoms with Crippen LogP contribution in [0.1, 0.15) is 16.7 Å². The molecule has 0 saturated heterocycles. The third kappa shape index (κ3) is 2.10. The minimum atomic E-state index is -5.77. The molecule has 0 unspecified atom stereocenters. The highest BCUT2D eigenvalue weighted by molar-refractivity contribution is 6.04. The van der Waals surface area contributed by atoms with Crippen molar-refractivity contribution in [2.75, 3.05) is 0 Å². The van der Waals surface area contributed by atoms with Crippen molar-refractivity contribution in [2.24, 2.45) is 0 Å². The fraction of sp³-hybridized carbons (Fsp3) is 0.188. The number of fused-ring (bicyclic) bond motifs is 3. The molecule has 0 spiro atoms. The summed E-state index contributed by atoms with van der Waals surface area (Å²) in [6, 6.07) is 11.3. The highest BCUT2D eigenvalue weighted by atomic mass is 19.4. The summed E-state index contributed by atoms with van der Waals surface area (Å²) >= 11 is 0. The number of hydrogen-bond donors (Lipinski definition) is 1. The molecule has 0 amide bonds. The summed E-state index contributed by atoms with van der Waals surface area (Å²) in [6.45, 7) is 0. The molecule has 1 nitrogen and oxygen atoms in total. The maximum Gasteiger partial charge on any atom is 0.459 e. The highest BCUT2D eigenvalue weighted by Gasteiger charge is 2.61. The van der Waals surface area contributed by atoms with Gasteiger partial charge in [0, 0.05) is 5.56 Å². The Kier molecular flexibility index (Phi) is 3.09. The largest absolute Gasteiger partial charge is 0.459 e. The normalized spacial score (nSPS) is 13.7. The molecule has 114 valence electrons. The predicted octanol–water partition coefficient (Wildman–Crippen LogP) is 4.82. The first kappa shape index (κ1) is 14.7. The zero-order valence-electron chi connectivity index (χ0n) is 11.1. The van der Waals surface area contributed by atoms with Gasteiger partial charge in [0.1, 0.15) is 5.71 Å². The molecule has 0 bridgehead atoms. The molecule has 0 atom stereocenters. The van der Waals surface area contributed by atoms with Crippen molar-refractivity contribution in [1.82, 2.24) is 0 Å². The van der Waals surface area contributed by atoms with Crippen LogP contribution in [-0.4, -0.2) is 17.8 Å². The smallest absolute Gasteiger partial charge is 0.298 e. The van der Waals surface area contributed by atoms with Gasteiger partial charge in [-0.3, -0.25) is 5.41 Å². The van der Waals surface area contributed by atoms with Gasteiger partial charge in [-0.1, -0.05) is 36.4 Å². The van der Waals surface area contributed by atoms with Gasteiger partial charge in [-0.15, -0.1) is 0 Å².